The largest absolute Gasteiger partial charge is 0.282 e. The maximum absolute atomic E-state index is 13.2. The Kier molecular flexibility index (Phi) is 7.33. The van der Waals surface area contributed by atoms with Crippen molar-refractivity contribution < 1.29 is 16.8 Å². The minimum absolute atomic E-state index is 0.222. The molecule has 3 aliphatic rings. The third-order valence-electron chi connectivity index (χ3n) is 6.39. The van der Waals surface area contributed by atoms with Crippen molar-refractivity contribution in [3.05, 3.63) is 0 Å². The molecule has 0 unspecified atom stereocenters. The van der Waals surface area contributed by atoms with Gasteiger partial charge in [-0.25, -0.2) is 0 Å². The van der Waals surface area contributed by atoms with Gasteiger partial charge in [0.25, 0.3) is 20.4 Å². The second-order valence-corrected chi connectivity index (χ2v) is 13.6. The Bertz CT molecular complexity index is 689. The van der Waals surface area contributed by atoms with Gasteiger partial charge >= 0.3 is 0 Å². The highest BCUT2D eigenvalue weighted by Crippen LogP contribution is 2.27. The molecule has 0 saturated carbocycles. The van der Waals surface area contributed by atoms with Gasteiger partial charge < -0.3 is 0 Å². The first-order valence-corrected chi connectivity index (χ1v) is 13.8. The molecule has 0 spiro atoms. The molecule has 8 nitrogen and oxygen atoms in total. The van der Waals surface area contributed by atoms with Crippen LogP contribution < -0.4 is 0 Å². The van der Waals surface area contributed by atoms with E-state index in [0.717, 1.165) is 12.8 Å². The lowest BCUT2D eigenvalue weighted by Gasteiger charge is -2.37. The monoisotopic (exact) mass is 450 g/mol. The molecular weight excluding hydrogens is 412 g/mol. The summed E-state index contributed by atoms with van der Waals surface area (Å²) in [5.74, 6) is 1.39. The molecular formula is C19H38N4O4S2. The molecule has 3 rings (SSSR count). The van der Waals surface area contributed by atoms with Gasteiger partial charge in [0.05, 0.1) is 0 Å². The van der Waals surface area contributed by atoms with Crippen molar-refractivity contribution in [2.24, 2.45) is 23.7 Å². The molecule has 0 aromatic carbocycles. The minimum Gasteiger partial charge on any atom is -0.195 e. The topological polar surface area (TPSA) is 81.2 Å². The Morgan fingerprint density at radius 3 is 1.14 bits per heavy atom. The number of hydrogen-bond donors (Lipinski definition) is 0. The van der Waals surface area contributed by atoms with Crippen LogP contribution >= 0.6 is 0 Å². The maximum atomic E-state index is 13.2. The average molecular weight is 451 g/mol. The third kappa shape index (κ3) is 5.33. The van der Waals surface area contributed by atoms with Crippen molar-refractivity contribution in [2.45, 2.75) is 47.0 Å². The standard InChI is InChI=1S/C19H38N4O4S2/c1-16-10-17(2)13-22(12-16)28(24,25)20-6-5-7-21(9-8-20)29(26,27)23-14-18(3)11-19(4)15-23/h16-19H,5-15H2,1-4H3/t16-,17-,18-,19+/m0/s1. The van der Waals surface area contributed by atoms with Gasteiger partial charge in [-0.15, -0.1) is 0 Å². The van der Waals surface area contributed by atoms with Gasteiger partial charge in [-0.3, -0.25) is 0 Å². The molecule has 0 N–H and O–H groups in total. The van der Waals surface area contributed by atoms with Crippen LogP contribution in [-0.2, 0) is 20.4 Å². The second-order valence-electron chi connectivity index (χ2n) is 9.69. The normalized spacial score (nSPS) is 35.4. The van der Waals surface area contributed by atoms with Crippen molar-refractivity contribution in [2.75, 3.05) is 52.4 Å². The molecule has 0 aliphatic carbocycles. The lowest BCUT2D eigenvalue weighted by atomic mass is 9.94. The van der Waals surface area contributed by atoms with Crippen LogP contribution in [0.2, 0.25) is 0 Å². The molecule has 3 fully saturated rings. The molecule has 0 amide bonds. The summed E-state index contributed by atoms with van der Waals surface area (Å²) in [7, 11) is -7.11. The summed E-state index contributed by atoms with van der Waals surface area (Å²) in [5, 5.41) is 0. The maximum Gasteiger partial charge on any atom is 0.282 e. The Balaban J connectivity index is 1.68. The zero-order chi connectivity index (χ0) is 21.4. The van der Waals surface area contributed by atoms with Gasteiger partial charge in [0, 0.05) is 52.4 Å². The highest BCUT2D eigenvalue weighted by Gasteiger charge is 2.39. The summed E-state index contributed by atoms with van der Waals surface area (Å²) in [5.41, 5.74) is 0. The quantitative estimate of drug-likeness (QED) is 0.649. The summed E-state index contributed by atoms with van der Waals surface area (Å²) in [6.07, 6.45) is 2.62. The predicted octanol–water partition coefficient (Wildman–Crippen LogP) is 1.44. The van der Waals surface area contributed by atoms with Crippen LogP contribution in [0.25, 0.3) is 0 Å². The fraction of sp³-hybridized carbons (Fsp3) is 1.00. The molecule has 170 valence electrons. The van der Waals surface area contributed by atoms with Crippen LogP contribution in [0.5, 0.6) is 0 Å². The lowest BCUT2D eigenvalue weighted by Crippen LogP contribution is -2.52. The van der Waals surface area contributed by atoms with E-state index < -0.39 is 20.4 Å². The summed E-state index contributed by atoms with van der Waals surface area (Å²) in [6.45, 7) is 11.8. The molecule has 0 bridgehead atoms. The minimum atomic E-state index is -3.55. The van der Waals surface area contributed by atoms with Gasteiger partial charge in [-0.1, -0.05) is 27.7 Å². The van der Waals surface area contributed by atoms with E-state index in [1.54, 1.807) is 8.61 Å². The van der Waals surface area contributed by atoms with Crippen molar-refractivity contribution in [3.8, 4) is 0 Å². The van der Waals surface area contributed by atoms with E-state index in [9.17, 15) is 16.8 Å². The van der Waals surface area contributed by atoms with E-state index in [2.05, 4.69) is 27.7 Å². The SMILES string of the molecule is C[C@@H]1C[C@H](C)CN(S(=O)(=O)N2CCCN(S(=O)(=O)N3C[C@@H](C)C[C@H](C)C3)CC2)C1. The number of piperidine rings is 2. The molecule has 29 heavy (non-hydrogen) atoms. The summed E-state index contributed by atoms with van der Waals surface area (Å²) >= 11 is 0. The molecule has 0 aromatic heterocycles. The van der Waals surface area contributed by atoms with Crippen LogP contribution in [0.3, 0.4) is 0 Å². The fourth-order valence-electron chi connectivity index (χ4n) is 5.25. The van der Waals surface area contributed by atoms with Gasteiger partial charge in [-0.2, -0.15) is 34.1 Å². The van der Waals surface area contributed by atoms with E-state index in [4.69, 9.17) is 0 Å². The van der Waals surface area contributed by atoms with Crippen molar-refractivity contribution in [3.63, 3.8) is 0 Å². The van der Waals surface area contributed by atoms with Crippen LogP contribution in [-0.4, -0.2) is 86.4 Å². The predicted molar refractivity (Wildman–Crippen MR) is 115 cm³/mol. The number of hydrogen-bond acceptors (Lipinski definition) is 4. The molecule has 3 aliphatic heterocycles. The first-order chi connectivity index (χ1) is 13.5. The summed E-state index contributed by atoms with van der Waals surface area (Å²) in [6, 6.07) is 0. The van der Waals surface area contributed by atoms with E-state index >= 15 is 0 Å². The van der Waals surface area contributed by atoms with Crippen molar-refractivity contribution in [1.29, 1.82) is 0 Å². The summed E-state index contributed by atoms with van der Waals surface area (Å²) in [4.78, 5) is 0. The highest BCUT2D eigenvalue weighted by atomic mass is 32.2. The molecule has 3 saturated heterocycles. The molecule has 10 heteroatoms. The van der Waals surface area contributed by atoms with E-state index in [1.165, 1.54) is 8.61 Å². The average Bonchev–Trinajstić information content (AvgIpc) is 2.87. The first-order valence-electron chi connectivity index (χ1n) is 11.0. The Morgan fingerprint density at radius 2 is 0.828 bits per heavy atom. The zero-order valence-electron chi connectivity index (χ0n) is 18.3. The molecule has 0 radical (unpaired) electrons. The van der Waals surface area contributed by atoms with Crippen LogP contribution in [0, 0.1) is 23.7 Å². The highest BCUT2D eigenvalue weighted by molar-refractivity contribution is 7.87. The van der Waals surface area contributed by atoms with Crippen LogP contribution in [0.4, 0.5) is 0 Å². The smallest absolute Gasteiger partial charge is 0.195 e. The van der Waals surface area contributed by atoms with E-state index in [0.29, 0.717) is 69.4 Å². The molecule has 4 atom stereocenters. The Hall–Kier alpha value is -0.260. The van der Waals surface area contributed by atoms with Gasteiger partial charge in [0.15, 0.2) is 0 Å². The zero-order valence-corrected chi connectivity index (χ0v) is 20.0. The van der Waals surface area contributed by atoms with Crippen molar-refractivity contribution in [1.82, 2.24) is 17.2 Å². The molecule has 0 aromatic rings. The number of nitrogens with zero attached hydrogens (tertiary/aromatic N) is 4. The van der Waals surface area contributed by atoms with Crippen molar-refractivity contribution >= 4 is 20.4 Å². The fourth-order valence-corrected chi connectivity index (χ4v) is 9.02. The molecule has 3 heterocycles. The van der Waals surface area contributed by atoms with Crippen LogP contribution in [0.15, 0.2) is 0 Å². The van der Waals surface area contributed by atoms with Gasteiger partial charge in [0.2, 0.25) is 0 Å². The van der Waals surface area contributed by atoms with Gasteiger partial charge in [-0.05, 0) is 42.9 Å². The Labute approximate surface area is 177 Å². The van der Waals surface area contributed by atoms with Crippen LogP contribution in [0.1, 0.15) is 47.0 Å². The summed E-state index contributed by atoms with van der Waals surface area (Å²) < 4.78 is 59.0. The third-order valence-corrected chi connectivity index (χ3v) is 10.3. The van der Waals surface area contributed by atoms with E-state index in [1.807, 2.05) is 0 Å². The first kappa shape index (κ1) is 23.4. The van der Waals surface area contributed by atoms with Gasteiger partial charge in [0.1, 0.15) is 0 Å². The second kappa shape index (κ2) is 9.08. The lowest BCUT2D eigenvalue weighted by molar-refractivity contribution is 0.206. The number of rotatable bonds is 4. The Morgan fingerprint density at radius 1 is 0.517 bits per heavy atom. The van der Waals surface area contributed by atoms with E-state index in [-0.39, 0.29) is 13.1 Å².